The molecule has 0 saturated heterocycles. The minimum atomic E-state index is -0.818. The van der Waals surface area contributed by atoms with E-state index in [1.807, 2.05) is 0 Å². The quantitative estimate of drug-likeness (QED) is 0.155. The highest BCUT2D eigenvalue weighted by Gasteiger charge is 2.38. The maximum atomic E-state index is 2.54. The van der Waals surface area contributed by atoms with E-state index in [2.05, 4.69) is 194 Å². The molecular formula is C44H34P2. The van der Waals surface area contributed by atoms with Crippen LogP contribution in [0.15, 0.2) is 188 Å². The van der Waals surface area contributed by atoms with E-state index in [1.54, 1.807) is 0 Å². The summed E-state index contributed by atoms with van der Waals surface area (Å²) in [5.74, 6) is 0.172. The molecule has 7 aromatic carbocycles. The van der Waals surface area contributed by atoms with E-state index in [-0.39, 0.29) is 11.6 Å². The van der Waals surface area contributed by atoms with Crippen molar-refractivity contribution in [1.29, 1.82) is 0 Å². The van der Waals surface area contributed by atoms with Gasteiger partial charge in [0.2, 0.25) is 0 Å². The van der Waals surface area contributed by atoms with Gasteiger partial charge in [-0.1, -0.05) is 194 Å². The number of rotatable bonds is 7. The average Bonchev–Trinajstić information content (AvgIpc) is 3.14. The minimum Gasteiger partial charge on any atom is -0.0749 e. The van der Waals surface area contributed by atoms with Crippen LogP contribution >= 0.6 is 15.8 Å². The molecule has 1 aliphatic carbocycles. The predicted octanol–water partition coefficient (Wildman–Crippen LogP) is 9.26. The highest BCUT2D eigenvalue weighted by Crippen LogP contribution is 2.54. The molecule has 7 aromatic rings. The Morgan fingerprint density at radius 1 is 0.413 bits per heavy atom. The summed E-state index contributed by atoms with van der Waals surface area (Å²) >= 11 is 0. The van der Waals surface area contributed by atoms with Gasteiger partial charge in [-0.05, 0) is 69.8 Å². The molecule has 0 fully saturated rings. The molecule has 0 aromatic heterocycles. The first-order valence-electron chi connectivity index (χ1n) is 16.0. The lowest BCUT2D eigenvalue weighted by Crippen LogP contribution is -2.32. The second-order valence-corrected chi connectivity index (χ2v) is 16.3. The summed E-state index contributed by atoms with van der Waals surface area (Å²) in [5.41, 5.74) is 4.48. The maximum Gasteiger partial charge on any atom is 0.0216 e. The summed E-state index contributed by atoms with van der Waals surface area (Å²) in [6.07, 6.45) is 4.93. The van der Waals surface area contributed by atoms with Crippen molar-refractivity contribution in [3.8, 4) is 0 Å². The topological polar surface area (TPSA) is 0 Å². The third-order valence-electron chi connectivity index (χ3n) is 9.04. The van der Waals surface area contributed by atoms with E-state index in [0.29, 0.717) is 0 Å². The molecule has 0 nitrogen and oxygen atoms in total. The summed E-state index contributed by atoms with van der Waals surface area (Å²) in [4.78, 5) is 0. The fraction of sp³-hybridized carbons (Fsp3) is 0.0455. The van der Waals surface area contributed by atoms with E-state index < -0.39 is 15.8 Å². The van der Waals surface area contributed by atoms with Crippen LogP contribution in [-0.4, -0.2) is 5.66 Å². The molecule has 0 heterocycles. The van der Waals surface area contributed by atoms with Gasteiger partial charge in [0.15, 0.2) is 0 Å². The Balaban J connectivity index is 1.45. The molecule has 2 heteroatoms. The molecule has 0 saturated carbocycles. The first kappa shape index (κ1) is 28.8. The monoisotopic (exact) mass is 624 g/mol. The highest BCUT2D eigenvalue weighted by molar-refractivity contribution is 7.80. The number of fused-ring (bicyclic) bond motifs is 2. The van der Waals surface area contributed by atoms with Crippen LogP contribution in [-0.2, 0) is 0 Å². The van der Waals surface area contributed by atoms with Gasteiger partial charge in [-0.25, -0.2) is 0 Å². The number of allylic oxidation sites excluding steroid dienone is 1. The number of benzene rings is 7. The number of hydrogen-bond acceptors (Lipinski definition) is 0. The molecule has 220 valence electrons. The van der Waals surface area contributed by atoms with Gasteiger partial charge >= 0.3 is 0 Å². The van der Waals surface area contributed by atoms with Crippen molar-refractivity contribution in [3.63, 3.8) is 0 Å². The summed E-state index contributed by atoms with van der Waals surface area (Å²) in [6, 6.07) is 67.8. The summed E-state index contributed by atoms with van der Waals surface area (Å²) in [6.45, 7) is 0. The van der Waals surface area contributed by atoms with Crippen molar-refractivity contribution in [2.45, 2.75) is 11.6 Å². The van der Waals surface area contributed by atoms with Crippen molar-refractivity contribution >= 4 is 59.2 Å². The lowest BCUT2D eigenvalue weighted by Gasteiger charge is -2.39. The van der Waals surface area contributed by atoms with Gasteiger partial charge in [-0.3, -0.25) is 0 Å². The van der Waals surface area contributed by atoms with Crippen LogP contribution in [0.25, 0.3) is 16.8 Å². The lowest BCUT2D eigenvalue weighted by molar-refractivity contribution is 0.842. The zero-order valence-electron chi connectivity index (χ0n) is 25.5. The largest absolute Gasteiger partial charge is 0.0749 e. The normalized spacial score (nSPS) is 15.7. The van der Waals surface area contributed by atoms with Crippen LogP contribution in [0.2, 0.25) is 0 Å². The van der Waals surface area contributed by atoms with Gasteiger partial charge in [0.05, 0.1) is 0 Å². The van der Waals surface area contributed by atoms with Crippen molar-refractivity contribution < 1.29 is 0 Å². The Kier molecular flexibility index (Phi) is 8.17. The second kappa shape index (κ2) is 13.0. The lowest BCUT2D eigenvalue weighted by atomic mass is 9.80. The Hall–Kier alpha value is -4.60. The molecule has 0 spiro atoms. The van der Waals surface area contributed by atoms with Crippen molar-refractivity contribution in [1.82, 2.24) is 0 Å². The van der Waals surface area contributed by atoms with Crippen LogP contribution in [0.4, 0.5) is 0 Å². The smallest absolute Gasteiger partial charge is 0.0216 e. The van der Waals surface area contributed by atoms with Crippen LogP contribution in [0, 0.1) is 0 Å². The molecule has 0 aliphatic heterocycles. The summed E-state index contributed by atoms with van der Waals surface area (Å²) in [7, 11) is -1.55. The summed E-state index contributed by atoms with van der Waals surface area (Å²) in [5, 5.41) is 9.69. The van der Waals surface area contributed by atoms with E-state index >= 15 is 0 Å². The third kappa shape index (κ3) is 5.43. The van der Waals surface area contributed by atoms with E-state index in [9.17, 15) is 0 Å². The van der Waals surface area contributed by atoms with Crippen molar-refractivity contribution in [2.75, 3.05) is 0 Å². The SMILES string of the molecule is C1=C[C@H](P(c2ccccc2)c2ccccc2)C(c2c(P(c3ccccc3)c3ccccc3)ccc3ccccc23)c2ccccc21. The van der Waals surface area contributed by atoms with E-state index in [0.717, 1.165) is 0 Å². The Bertz CT molecular complexity index is 2030. The summed E-state index contributed by atoms with van der Waals surface area (Å²) < 4.78 is 0. The zero-order chi connectivity index (χ0) is 30.7. The molecule has 2 atom stereocenters. The van der Waals surface area contributed by atoms with Crippen LogP contribution in [0.1, 0.15) is 22.6 Å². The second-order valence-electron chi connectivity index (χ2n) is 11.7. The van der Waals surface area contributed by atoms with Crippen LogP contribution in [0.3, 0.4) is 0 Å². The zero-order valence-corrected chi connectivity index (χ0v) is 27.3. The fourth-order valence-corrected chi connectivity index (χ4v) is 12.4. The van der Waals surface area contributed by atoms with Gasteiger partial charge in [-0.2, -0.15) is 0 Å². The first-order valence-corrected chi connectivity index (χ1v) is 18.7. The molecule has 8 rings (SSSR count). The van der Waals surface area contributed by atoms with Crippen LogP contribution < -0.4 is 26.5 Å². The van der Waals surface area contributed by atoms with Gasteiger partial charge < -0.3 is 0 Å². The highest BCUT2D eigenvalue weighted by atomic mass is 31.1. The fourth-order valence-electron chi connectivity index (χ4n) is 7.06. The Morgan fingerprint density at radius 3 is 1.52 bits per heavy atom. The molecule has 0 radical (unpaired) electrons. The van der Waals surface area contributed by atoms with Gasteiger partial charge in [0.1, 0.15) is 0 Å². The Morgan fingerprint density at radius 2 is 0.913 bits per heavy atom. The molecular weight excluding hydrogens is 590 g/mol. The molecule has 0 amide bonds. The van der Waals surface area contributed by atoms with Crippen LogP contribution in [0.5, 0.6) is 0 Å². The molecule has 0 bridgehead atoms. The average molecular weight is 625 g/mol. The van der Waals surface area contributed by atoms with E-state index in [4.69, 9.17) is 0 Å². The van der Waals surface area contributed by atoms with Gasteiger partial charge in [0, 0.05) is 11.6 Å². The maximum absolute atomic E-state index is 2.54. The standard InChI is InChI=1S/C44H34P2/c1-5-19-35(20-6-1)45(36-21-7-2-8-22-36)41-31-29-33-17-13-15-27-39(33)43(41)44-40-28-16-14-18-34(40)30-32-42(44)46(37-23-9-3-10-24-37)38-25-11-4-12-26-38/h1-32,41,43H/t41-,43?/m0/s1. The van der Waals surface area contributed by atoms with Gasteiger partial charge in [0.25, 0.3) is 0 Å². The molecule has 1 unspecified atom stereocenters. The predicted molar refractivity (Wildman–Crippen MR) is 203 cm³/mol. The molecule has 1 aliphatic rings. The molecule has 0 N–H and O–H groups in total. The van der Waals surface area contributed by atoms with Crippen molar-refractivity contribution in [2.24, 2.45) is 0 Å². The van der Waals surface area contributed by atoms with Crippen molar-refractivity contribution in [3.05, 3.63) is 205 Å². The van der Waals surface area contributed by atoms with E-state index in [1.165, 1.54) is 54.0 Å². The number of hydrogen-bond donors (Lipinski definition) is 0. The molecule has 46 heavy (non-hydrogen) atoms. The van der Waals surface area contributed by atoms with Gasteiger partial charge in [-0.15, -0.1) is 0 Å². The Labute approximate surface area is 274 Å². The first-order chi connectivity index (χ1) is 22.9. The third-order valence-corrected chi connectivity index (χ3v) is 14.3. The minimum absolute atomic E-state index is 0.172.